The Morgan fingerprint density at radius 1 is 0.968 bits per heavy atom. The summed E-state index contributed by atoms with van der Waals surface area (Å²) in [5.41, 5.74) is 0.492. The zero-order chi connectivity index (χ0) is 22.3. The fourth-order valence-electron chi connectivity index (χ4n) is 2.41. The van der Waals surface area contributed by atoms with Crippen LogP contribution in [0.3, 0.4) is 0 Å². The Hall–Kier alpha value is -3.21. The average molecular weight is 461 g/mol. The molecule has 2 aromatic carbocycles. The second kappa shape index (κ2) is 10.2. The highest BCUT2D eigenvalue weighted by molar-refractivity contribution is 7.91. The van der Waals surface area contributed by atoms with Crippen LogP contribution in [0, 0.1) is 0 Å². The van der Waals surface area contributed by atoms with E-state index < -0.39 is 34.5 Å². The topological polar surface area (TPSA) is 111 Å². The summed E-state index contributed by atoms with van der Waals surface area (Å²) in [7, 11) is -3.79. The van der Waals surface area contributed by atoms with Gasteiger partial charge in [-0.1, -0.05) is 24.3 Å². The van der Waals surface area contributed by atoms with Crippen LogP contribution in [0.5, 0.6) is 11.5 Å². The molecular formula is C21H20N2O6S2. The number of carbonyl (C=O) groups excluding carboxylic acids is 2. The first-order chi connectivity index (χ1) is 14.8. The molecular weight excluding hydrogens is 440 g/mol. The molecule has 0 radical (unpaired) electrons. The summed E-state index contributed by atoms with van der Waals surface area (Å²) in [5, 5.41) is 4.23. The van der Waals surface area contributed by atoms with Crippen LogP contribution < -0.4 is 14.8 Å². The van der Waals surface area contributed by atoms with Crippen LogP contribution in [-0.2, 0) is 24.3 Å². The van der Waals surface area contributed by atoms with E-state index >= 15 is 0 Å². The number of sulfonamides is 1. The van der Waals surface area contributed by atoms with Gasteiger partial charge in [-0.15, -0.1) is 11.3 Å². The van der Waals surface area contributed by atoms with Crippen LogP contribution in [0.15, 0.2) is 76.3 Å². The van der Waals surface area contributed by atoms with Gasteiger partial charge < -0.3 is 14.8 Å². The lowest BCUT2D eigenvalue weighted by Crippen LogP contribution is -2.35. The molecule has 0 aliphatic carbocycles. The maximum atomic E-state index is 12.3. The minimum absolute atomic E-state index is 0.0887. The van der Waals surface area contributed by atoms with Gasteiger partial charge in [0, 0.05) is 5.69 Å². The quantitative estimate of drug-likeness (QED) is 0.474. The summed E-state index contributed by atoms with van der Waals surface area (Å²) in [6.45, 7) is 0.817. The fraction of sp³-hybridized carbons (Fsp3) is 0.143. The number of anilines is 1. The third-order valence-electron chi connectivity index (χ3n) is 3.94. The van der Waals surface area contributed by atoms with Crippen molar-refractivity contribution >= 4 is 38.9 Å². The van der Waals surface area contributed by atoms with Gasteiger partial charge in [0.25, 0.3) is 15.9 Å². The molecule has 8 nitrogen and oxygen atoms in total. The molecule has 0 aliphatic rings. The monoisotopic (exact) mass is 460 g/mol. The van der Waals surface area contributed by atoms with Crippen molar-refractivity contribution in [2.45, 2.75) is 17.2 Å². The van der Waals surface area contributed by atoms with Gasteiger partial charge in [0.1, 0.15) is 22.3 Å². The van der Waals surface area contributed by atoms with E-state index in [-0.39, 0.29) is 4.21 Å². The molecule has 1 heterocycles. The highest BCUT2D eigenvalue weighted by Gasteiger charge is 2.21. The maximum absolute atomic E-state index is 12.3. The zero-order valence-corrected chi connectivity index (χ0v) is 18.1. The largest absolute Gasteiger partial charge is 0.457 e. The van der Waals surface area contributed by atoms with Crippen molar-refractivity contribution in [1.82, 2.24) is 4.72 Å². The Kier molecular flexibility index (Phi) is 7.40. The van der Waals surface area contributed by atoms with Gasteiger partial charge in [0.2, 0.25) is 0 Å². The molecule has 0 spiro atoms. The van der Waals surface area contributed by atoms with E-state index in [1.54, 1.807) is 35.7 Å². The lowest BCUT2D eigenvalue weighted by molar-refractivity contribution is -0.151. The molecule has 0 saturated carbocycles. The molecule has 31 heavy (non-hydrogen) atoms. The first-order valence-corrected chi connectivity index (χ1v) is 11.6. The predicted molar refractivity (Wildman–Crippen MR) is 117 cm³/mol. The van der Waals surface area contributed by atoms with Crippen molar-refractivity contribution in [1.29, 1.82) is 0 Å². The second-order valence-electron chi connectivity index (χ2n) is 6.32. The van der Waals surface area contributed by atoms with Crippen LogP contribution in [0.2, 0.25) is 0 Å². The summed E-state index contributed by atoms with van der Waals surface area (Å²) in [5.74, 6) is -0.128. The van der Waals surface area contributed by atoms with Gasteiger partial charge in [0.05, 0.1) is 0 Å². The second-order valence-corrected chi connectivity index (χ2v) is 9.26. The fourth-order valence-corrected chi connectivity index (χ4v) is 4.42. The van der Waals surface area contributed by atoms with Gasteiger partial charge in [-0.25, -0.2) is 8.42 Å². The zero-order valence-electron chi connectivity index (χ0n) is 16.5. The van der Waals surface area contributed by atoms with Gasteiger partial charge in [-0.2, -0.15) is 4.72 Å². The van der Waals surface area contributed by atoms with Crippen molar-refractivity contribution < 1.29 is 27.5 Å². The highest BCUT2D eigenvalue weighted by atomic mass is 32.2. The third-order valence-corrected chi connectivity index (χ3v) is 6.74. The van der Waals surface area contributed by atoms with E-state index in [0.717, 1.165) is 11.3 Å². The lowest BCUT2D eigenvalue weighted by atomic mass is 10.2. The molecule has 0 aliphatic heterocycles. The summed E-state index contributed by atoms with van der Waals surface area (Å²) >= 11 is 1.03. The number of hydrogen-bond donors (Lipinski definition) is 2. The standard InChI is InChI=1S/C21H20N2O6S2/c1-15(28-19(24)14-22-31(26,27)20-8-5-13-30-20)21(25)23-16-9-11-18(12-10-16)29-17-6-3-2-4-7-17/h2-13,15,22H,14H2,1H3,(H,23,25). The first kappa shape index (κ1) is 22.5. The van der Waals surface area contributed by atoms with Crippen molar-refractivity contribution in [2.75, 3.05) is 11.9 Å². The minimum Gasteiger partial charge on any atom is -0.457 e. The lowest BCUT2D eigenvalue weighted by Gasteiger charge is -2.14. The number of benzene rings is 2. The number of amides is 1. The van der Waals surface area contributed by atoms with Crippen LogP contribution in [-0.4, -0.2) is 32.9 Å². The molecule has 1 amide bonds. The minimum atomic E-state index is -3.79. The van der Waals surface area contributed by atoms with Crippen LogP contribution in [0.4, 0.5) is 5.69 Å². The van der Waals surface area contributed by atoms with Crippen molar-refractivity contribution in [3.05, 3.63) is 72.1 Å². The number of nitrogens with one attached hydrogen (secondary N) is 2. The van der Waals surface area contributed by atoms with Crippen LogP contribution >= 0.6 is 11.3 Å². The molecule has 0 bridgehead atoms. The number of esters is 1. The highest BCUT2D eigenvalue weighted by Crippen LogP contribution is 2.22. The number of thiophene rings is 1. The van der Waals surface area contributed by atoms with E-state index in [4.69, 9.17) is 9.47 Å². The maximum Gasteiger partial charge on any atom is 0.321 e. The predicted octanol–water partition coefficient (Wildman–Crippen LogP) is 3.39. The summed E-state index contributed by atoms with van der Waals surface area (Å²) in [6, 6.07) is 19.0. The molecule has 2 N–H and O–H groups in total. The van der Waals surface area contributed by atoms with E-state index in [2.05, 4.69) is 10.0 Å². The molecule has 0 fully saturated rings. The summed E-state index contributed by atoms with van der Waals surface area (Å²) < 4.78 is 36.9. The number of para-hydroxylation sites is 1. The Morgan fingerprint density at radius 2 is 1.65 bits per heavy atom. The molecule has 3 aromatic rings. The molecule has 10 heteroatoms. The molecule has 1 aromatic heterocycles. The van der Waals surface area contributed by atoms with E-state index in [0.29, 0.717) is 17.2 Å². The summed E-state index contributed by atoms with van der Waals surface area (Å²) in [4.78, 5) is 24.2. The number of hydrogen-bond acceptors (Lipinski definition) is 7. The molecule has 1 atom stereocenters. The Balaban J connectivity index is 1.47. The van der Waals surface area contributed by atoms with E-state index in [9.17, 15) is 18.0 Å². The Morgan fingerprint density at radius 3 is 2.29 bits per heavy atom. The van der Waals surface area contributed by atoms with Gasteiger partial charge >= 0.3 is 5.97 Å². The van der Waals surface area contributed by atoms with Gasteiger partial charge in [-0.3, -0.25) is 9.59 Å². The number of carbonyl (C=O) groups is 2. The van der Waals surface area contributed by atoms with Gasteiger partial charge in [0.15, 0.2) is 6.10 Å². The molecule has 3 rings (SSSR count). The van der Waals surface area contributed by atoms with Crippen molar-refractivity contribution in [3.8, 4) is 11.5 Å². The van der Waals surface area contributed by atoms with Crippen molar-refractivity contribution in [2.24, 2.45) is 0 Å². The van der Waals surface area contributed by atoms with Crippen LogP contribution in [0.1, 0.15) is 6.92 Å². The number of ether oxygens (including phenoxy) is 2. The molecule has 0 saturated heterocycles. The normalized spacial score (nSPS) is 12.0. The SMILES string of the molecule is CC(OC(=O)CNS(=O)(=O)c1cccs1)C(=O)Nc1ccc(Oc2ccccc2)cc1. The van der Waals surface area contributed by atoms with Gasteiger partial charge in [-0.05, 0) is 54.8 Å². The number of rotatable bonds is 9. The Labute approximate surface area is 183 Å². The summed E-state index contributed by atoms with van der Waals surface area (Å²) in [6.07, 6.45) is -1.11. The Bertz CT molecular complexity index is 1110. The van der Waals surface area contributed by atoms with Crippen LogP contribution in [0.25, 0.3) is 0 Å². The average Bonchev–Trinajstić information content (AvgIpc) is 3.30. The van der Waals surface area contributed by atoms with E-state index in [1.165, 1.54) is 13.0 Å². The molecule has 1 unspecified atom stereocenters. The van der Waals surface area contributed by atoms with Crippen molar-refractivity contribution in [3.63, 3.8) is 0 Å². The molecule has 162 valence electrons. The first-order valence-electron chi connectivity index (χ1n) is 9.20. The third kappa shape index (κ3) is 6.64. The van der Waals surface area contributed by atoms with E-state index in [1.807, 2.05) is 30.3 Å². The smallest absolute Gasteiger partial charge is 0.321 e.